The molecule has 3 aromatic rings. The Morgan fingerprint density at radius 3 is 2.69 bits per heavy atom. The van der Waals surface area contributed by atoms with Gasteiger partial charge in [0, 0.05) is 17.7 Å². The van der Waals surface area contributed by atoms with Gasteiger partial charge >= 0.3 is 0 Å². The number of aromatic nitrogens is 2. The van der Waals surface area contributed by atoms with Crippen molar-refractivity contribution in [1.82, 2.24) is 15.1 Å². The third-order valence-corrected chi connectivity index (χ3v) is 6.23. The number of carbonyl (C=O) groups is 1. The largest absolute Gasteiger partial charge is 0.454 e. The molecule has 0 unspecified atom stereocenters. The van der Waals surface area contributed by atoms with E-state index >= 15 is 0 Å². The van der Waals surface area contributed by atoms with Crippen LogP contribution in [-0.2, 0) is 22.5 Å². The second-order valence-electron chi connectivity index (χ2n) is 8.18. The molecule has 1 aromatic heterocycles. The summed E-state index contributed by atoms with van der Waals surface area (Å²) in [7, 11) is 0. The van der Waals surface area contributed by atoms with Crippen LogP contribution in [-0.4, -0.2) is 47.5 Å². The molecule has 32 heavy (non-hydrogen) atoms. The summed E-state index contributed by atoms with van der Waals surface area (Å²) < 4.78 is 23.1. The van der Waals surface area contributed by atoms with Gasteiger partial charge in [0.15, 0.2) is 17.2 Å². The molecule has 3 aliphatic rings. The van der Waals surface area contributed by atoms with E-state index in [1.165, 1.54) is 0 Å². The summed E-state index contributed by atoms with van der Waals surface area (Å²) in [5.41, 5.74) is 4.27. The van der Waals surface area contributed by atoms with Crippen molar-refractivity contribution in [3.8, 4) is 11.5 Å². The number of hydrogen-bond acceptors (Lipinski definition) is 6. The van der Waals surface area contributed by atoms with E-state index in [0.29, 0.717) is 37.7 Å². The van der Waals surface area contributed by atoms with Crippen molar-refractivity contribution in [2.24, 2.45) is 0 Å². The first-order chi connectivity index (χ1) is 15.8. The zero-order valence-electron chi connectivity index (χ0n) is 17.5. The van der Waals surface area contributed by atoms with Crippen LogP contribution < -0.4 is 9.47 Å². The second-order valence-corrected chi connectivity index (χ2v) is 8.18. The molecular formula is C24H23N3O5. The zero-order valence-corrected chi connectivity index (χ0v) is 17.5. The fraction of sp³-hybridized carbons (Fsp3) is 0.333. The highest BCUT2D eigenvalue weighted by atomic mass is 16.7. The van der Waals surface area contributed by atoms with Crippen molar-refractivity contribution in [2.45, 2.75) is 25.2 Å². The van der Waals surface area contributed by atoms with E-state index in [1.54, 1.807) is 0 Å². The van der Waals surface area contributed by atoms with Gasteiger partial charge in [0.2, 0.25) is 6.79 Å². The number of aromatic amines is 1. The zero-order chi connectivity index (χ0) is 21.5. The van der Waals surface area contributed by atoms with Gasteiger partial charge in [-0.3, -0.25) is 9.89 Å². The molecule has 2 atom stereocenters. The first-order valence-corrected chi connectivity index (χ1v) is 10.8. The number of rotatable bonds is 3. The van der Waals surface area contributed by atoms with E-state index in [0.717, 1.165) is 34.6 Å². The summed E-state index contributed by atoms with van der Waals surface area (Å²) in [4.78, 5) is 15.4. The first kappa shape index (κ1) is 19.3. The molecule has 0 aliphatic carbocycles. The van der Waals surface area contributed by atoms with Gasteiger partial charge in [0.25, 0.3) is 5.91 Å². The maximum absolute atomic E-state index is 13.6. The van der Waals surface area contributed by atoms with Crippen LogP contribution in [0.4, 0.5) is 0 Å². The lowest BCUT2D eigenvalue weighted by Crippen LogP contribution is -2.44. The molecule has 8 heteroatoms. The highest BCUT2D eigenvalue weighted by Crippen LogP contribution is 2.39. The SMILES string of the molecule is O=C(c1n[nH]c2c1COCC2)N1C[C@@H](c2ccccc2)O[C@@H](c2ccc3c(c2)OCO3)C1. The number of ether oxygens (including phenoxy) is 4. The number of H-pyrrole nitrogens is 1. The summed E-state index contributed by atoms with van der Waals surface area (Å²) in [6, 6.07) is 15.8. The van der Waals surface area contributed by atoms with E-state index in [4.69, 9.17) is 18.9 Å². The maximum atomic E-state index is 13.6. The number of benzene rings is 2. The molecule has 0 radical (unpaired) electrons. The molecule has 1 fully saturated rings. The minimum atomic E-state index is -0.307. The molecule has 4 heterocycles. The number of hydrogen-bond donors (Lipinski definition) is 1. The Labute approximate surface area is 185 Å². The first-order valence-electron chi connectivity index (χ1n) is 10.8. The van der Waals surface area contributed by atoms with Crippen LogP contribution in [0.5, 0.6) is 11.5 Å². The lowest BCUT2D eigenvalue weighted by molar-refractivity contribution is -0.0799. The lowest BCUT2D eigenvalue weighted by atomic mass is 10.0. The molecule has 8 nitrogen and oxygen atoms in total. The monoisotopic (exact) mass is 433 g/mol. The Bertz CT molecular complexity index is 1150. The van der Waals surface area contributed by atoms with Gasteiger partial charge < -0.3 is 23.8 Å². The summed E-state index contributed by atoms with van der Waals surface area (Å²) in [5.74, 6) is 1.31. The van der Waals surface area contributed by atoms with Crippen LogP contribution in [0.1, 0.15) is 45.1 Å². The quantitative estimate of drug-likeness (QED) is 0.683. The average molecular weight is 433 g/mol. The average Bonchev–Trinajstić information content (AvgIpc) is 3.50. The van der Waals surface area contributed by atoms with Crippen LogP contribution in [0, 0.1) is 0 Å². The van der Waals surface area contributed by atoms with E-state index in [2.05, 4.69) is 10.2 Å². The van der Waals surface area contributed by atoms with Gasteiger partial charge in [0.1, 0.15) is 12.2 Å². The fourth-order valence-corrected chi connectivity index (χ4v) is 4.51. The smallest absolute Gasteiger partial charge is 0.274 e. The minimum absolute atomic E-state index is 0.108. The Balaban J connectivity index is 1.33. The van der Waals surface area contributed by atoms with Gasteiger partial charge in [-0.25, -0.2) is 0 Å². The summed E-state index contributed by atoms with van der Waals surface area (Å²) in [6.45, 7) is 2.14. The lowest BCUT2D eigenvalue weighted by Gasteiger charge is -2.38. The van der Waals surface area contributed by atoms with E-state index in [9.17, 15) is 4.79 Å². The Morgan fingerprint density at radius 2 is 1.81 bits per heavy atom. The molecule has 164 valence electrons. The fourth-order valence-electron chi connectivity index (χ4n) is 4.51. The molecule has 1 N–H and O–H groups in total. The highest BCUT2D eigenvalue weighted by Gasteiger charge is 2.35. The molecule has 0 saturated carbocycles. The molecule has 1 saturated heterocycles. The van der Waals surface area contributed by atoms with Gasteiger partial charge in [-0.1, -0.05) is 36.4 Å². The number of carbonyl (C=O) groups excluding carboxylic acids is 1. The van der Waals surface area contributed by atoms with Crippen molar-refractivity contribution >= 4 is 5.91 Å². The molecule has 2 aromatic carbocycles. The van der Waals surface area contributed by atoms with Gasteiger partial charge in [-0.15, -0.1) is 0 Å². The van der Waals surface area contributed by atoms with Crippen molar-refractivity contribution in [3.05, 3.63) is 76.6 Å². The number of morpholine rings is 1. The Morgan fingerprint density at radius 1 is 1.00 bits per heavy atom. The Kier molecular flexibility index (Phi) is 4.81. The standard InChI is InChI=1S/C24H23N3O5/c28-24(23-17-13-29-9-8-18(17)25-26-23)27-11-21(15-4-2-1-3-5-15)32-22(12-27)16-6-7-19-20(10-16)31-14-30-19/h1-7,10,21-22H,8-9,11-14H2,(H,25,26)/t21-,22+/m0/s1. The third kappa shape index (κ3) is 3.41. The van der Waals surface area contributed by atoms with Crippen molar-refractivity contribution in [1.29, 1.82) is 0 Å². The highest BCUT2D eigenvalue weighted by molar-refractivity contribution is 5.94. The number of nitrogens with one attached hydrogen (secondary N) is 1. The summed E-state index contributed by atoms with van der Waals surface area (Å²) in [6.07, 6.45) is 0.180. The summed E-state index contributed by atoms with van der Waals surface area (Å²) >= 11 is 0. The molecule has 0 bridgehead atoms. The third-order valence-electron chi connectivity index (χ3n) is 6.23. The minimum Gasteiger partial charge on any atom is -0.454 e. The summed E-state index contributed by atoms with van der Waals surface area (Å²) in [5, 5.41) is 7.36. The van der Waals surface area contributed by atoms with Crippen molar-refractivity contribution in [2.75, 3.05) is 26.5 Å². The predicted molar refractivity (Wildman–Crippen MR) is 113 cm³/mol. The Hall–Kier alpha value is -3.36. The van der Waals surface area contributed by atoms with Crippen molar-refractivity contribution < 1.29 is 23.7 Å². The van der Waals surface area contributed by atoms with Crippen LogP contribution in [0.2, 0.25) is 0 Å². The van der Waals surface area contributed by atoms with E-state index in [-0.39, 0.29) is 24.9 Å². The molecule has 0 spiro atoms. The number of amides is 1. The van der Waals surface area contributed by atoms with Gasteiger partial charge in [-0.05, 0) is 23.3 Å². The van der Waals surface area contributed by atoms with Gasteiger partial charge in [-0.2, -0.15) is 5.10 Å². The van der Waals surface area contributed by atoms with E-state index < -0.39 is 0 Å². The maximum Gasteiger partial charge on any atom is 0.274 e. The van der Waals surface area contributed by atoms with Crippen LogP contribution in [0.25, 0.3) is 0 Å². The van der Waals surface area contributed by atoms with Gasteiger partial charge in [0.05, 0.1) is 26.3 Å². The molecule has 1 amide bonds. The normalized spacial score (nSPS) is 21.9. The van der Waals surface area contributed by atoms with E-state index in [1.807, 2.05) is 53.4 Å². The molecule has 6 rings (SSSR count). The van der Waals surface area contributed by atoms with Crippen molar-refractivity contribution in [3.63, 3.8) is 0 Å². The van der Waals surface area contributed by atoms with Crippen LogP contribution in [0.15, 0.2) is 48.5 Å². The predicted octanol–water partition coefficient (Wildman–Crippen LogP) is 3.17. The molecular weight excluding hydrogens is 410 g/mol. The number of nitrogens with zero attached hydrogens (tertiary/aromatic N) is 2. The second kappa shape index (κ2) is 7.96. The van der Waals surface area contributed by atoms with Crippen LogP contribution in [0.3, 0.4) is 0 Å². The topological polar surface area (TPSA) is 85.9 Å². The van der Waals surface area contributed by atoms with Crippen LogP contribution >= 0.6 is 0 Å². The number of fused-ring (bicyclic) bond motifs is 2. The molecule has 3 aliphatic heterocycles.